The molecule has 1 aromatic rings. The second-order valence-electron chi connectivity index (χ2n) is 5.24. The Balaban J connectivity index is 1.85. The summed E-state index contributed by atoms with van der Waals surface area (Å²) in [7, 11) is 0. The van der Waals surface area contributed by atoms with Crippen LogP contribution in [0.15, 0.2) is 0 Å². The molecule has 0 spiro atoms. The van der Waals surface area contributed by atoms with Crippen LogP contribution in [0.2, 0.25) is 0 Å². The van der Waals surface area contributed by atoms with Crippen molar-refractivity contribution in [2.75, 3.05) is 13.1 Å². The maximum Gasteiger partial charge on any atom is 0.150 e. The number of rotatable bonds is 5. The molecule has 0 amide bonds. The van der Waals surface area contributed by atoms with Crippen molar-refractivity contribution < 1.29 is 0 Å². The van der Waals surface area contributed by atoms with E-state index >= 15 is 0 Å². The van der Waals surface area contributed by atoms with Crippen LogP contribution in [0, 0.1) is 11.8 Å². The predicted octanol–water partition coefficient (Wildman–Crippen LogP) is 1.94. The lowest BCUT2D eigenvalue weighted by Gasteiger charge is -2.27. The van der Waals surface area contributed by atoms with Crippen LogP contribution < -0.4 is 5.32 Å². The summed E-state index contributed by atoms with van der Waals surface area (Å²) < 4.78 is 0. The largest absolute Gasteiger partial charge is 0.316 e. The fourth-order valence-corrected chi connectivity index (χ4v) is 2.60. The number of nitrogens with zero attached hydrogens (tertiary/aromatic N) is 2. The second kappa shape index (κ2) is 6.15. The summed E-state index contributed by atoms with van der Waals surface area (Å²) in [5.74, 6) is 3.51. The number of hydrogen-bond acceptors (Lipinski definition) is 3. The first-order chi connectivity index (χ1) is 8.29. The van der Waals surface area contributed by atoms with Gasteiger partial charge in [-0.3, -0.25) is 5.10 Å². The number of H-pyrrole nitrogens is 1. The molecule has 1 aromatic heterocycles. The Morgan fingerprint density at radius 3 is 3.06 bits per heavy atom. The smallest absolute Gasteiger partial charge is 0.150 e. The van der Waals surface area contributed by atoms with Crippen molar-refractivity contribution in [3.05, 3.63) is 11.6 Å². The predicted molar refractivity (Wildman–Crippen MR) is 68.8 cm³/mol. The van der Waals surface area contributed by atoms with E-state index in [4.69, 9.17) is 0 Å². The summed E-state index contributed by atoms with van der Waals surface area (Å²) in [5, 5.41) is 10.8. The number of nitrogens with one attached hydrogen (secondary N) is 2. The summed E-state index contributed by atoms with van der Waals surface area (Å²) in [4.78, 5) is 4.55. The minimum atomic E-state index is 0.685. The van der Waals surface area contributed by atoms with Gasteiger partial charge in [0.25, 0.3) is 0 Å². The highest BCUT2D eigenvalue weighted by atomic mass is 15.2. The van der Waals surface area contributed by atoms with Gasteiger partial charge in [0.05, 0.1) is 0 Å². The standard InChI is InChI=1S/C13H24N4/c1-3-5-12-15-13(17-16-12)8-10(2)11-6-4-7-14-9-11/h10-11,14H,3-9H2,1-2H3,(H,15,16,17). The molecular formula is C13H24N4. The number of hydrogen-bond donors (Lipinski definition) is 2. The quantitative estimate of drug-likeness (QED) is 0.821. The lowest BCUT2D eigenvalue weighted by Crippen LogP contribution is -2.34. The Morgan fingerprint density at radius 2 is 2.35 bits per heavy atom. The van der Waals surface area contributed by atoms with E-state index in [9.17, 15) is 0 Å². The van der Waals surface area contributed by atoms with Crippen molar-refractivity contribution in [3.8, 4) is 0 Å². The molecule has 2 N–H and O–H groups in total. The zero-order valence-corrected chi connectivity index (χ0v) is 11.0. The number of aromatic nitrogens is 3. The van der Waals surface area contributed by atoms with E-state index in [0.29, 0.717) is 5.92 Å². The Morgan fingerprint density at radius 1 is 1.47 bits per heavy atom. The first kappa shape index (κ1) is 12.6. The second-order valence-corrected chi connectivity index (χ2v) is 5.24. The molecule has 96 valence electrons. The van der Waals surface area contributed by atoms with Gasteiger partial charge in [-0.1, -0.05) is 13.8 Å². The van der Waals surface area contributed by atoms with Crippen LogP contribution in [0.5, 0.6) is 0 Å². The molecule has 1 aliphatic heterocycles. The third-order valence-corrected chi connectivity index (χ3v) is 3.71. The summed E-state index contributed by atoms with van der Waals surface area (Å²) in [6, 6.07) is 0. The van der Waals surface area contributed by atoms with Crippen LogP contribution >= 0.6 is 0 Å². The summed E-state index contributed by atoms with van der Waals surface area (Å²) in [6.07, 6.45) is 5.79. The minimum absolute atomic E-state index is 0.685. The number of aryl methyl sites for hydroxylation is 1. The van der Waals surface area contributed by atoms with Gasteiger partial charge in [-0.15, -0.1) is 0 Å². The molecule has 0 aliphatic carbocycles. The molecule has 17 heavy (non-hydrogen) atoms. The van der Waals surface area contributed by atoms with Gasteiger partial charge in [0.1, 0.15) is 5.82 Å². The molecule has 1 aliphatic rings. The topological polar surface area (TPSA) is 53.6 Å². The molecule has 2 rings (SSSR count). The number of piperidine rings is 1. The molecule has 4 nitrogen and oxygen atoms in total. The maximum absolute atomic E-state index is 4.55. The van der Waals surface area contributed by atoms with Crippen molar-refractivity contribution >= 4 is 0 Å². The highest BCUT2D eigenvalue weighted by Gasteiger charge is 2.21. The molecule has 2 heterocycles. The first-order valence-corrected chi connectivity index (χ1v) is 6.90. The van der Waals surface area contributed by atoms with Crippen molar-refractivity contribution in [1.29, 1.82) is 0 Å². The van der Waals surface area contributed by atoms with Gasteiger partial charge in [-0.05, 0) is 44.2 Å². The highest BCUT2D eigenvalue weighted by molar-refractivity contribution is 4.92. The van der Waals surface area contributed by atoms with Crippen LogP contribution in [0.4, 0.5) is 0 Å². The zero-order valence-electron chi connectivity index (χ0n) is 11.0. The lowest BCUT2D eigenvalue weighted by molar-refractivity contribution is 0.276. The molecule has 4 heteroatoms. The molecule has 0 saturated carbocycles. The van der Waals surface area contributed by atoms with E-state index in [2.05, 4.69) is 34.3 Å². The molecule has 2 atom stereocenters. The van der Waals surface area contributed by atoms with Gasteiger partial charge >= 0.3 is 0 Å². The summed E-state index contributed by atoms with van der Waals surface area (Å²) in [5.41, 5.74) is 0. The van der Waals surface area contributed by atoms with Crippen LogP contribution in [0.1, 0.15) is 44.8 Å². The molecule has 0 radical (unpaired) electrons. The molecular weight excluding hydrogens is 212 g/mol. The summed E-state index contributed by atoms with van der Waals surface area (Å²) >= 11 is 0. The zero-order chi connectivity index (χ0) is 12.1. The van der Waals surface area contributed by atoms with Gasteiger partial charge in [0, 0.05) is 12.8 Å². The van der Waals surface area contributed by atoms with Crippen molar-refractivity contribution in [1.82, 2.24) is 20.5 Å². The fourth-order valence-electron chi connectivity index (χ4n) is 2.60. The SMILES string of the molecule is CCCc1n[nH]c(CC(C)C2CCCNC2)n1. The Kier molecular flexibility index (Phi) is 4.54. The van der Waals surface area contributed by atoms with E-state index in [0.717, 1.165) is 43.4 Å². The van der Waals surface area contributed by atoms with E-state index in [-0.39, 0.29) is 0 Å². The Bertz CT molecular complexity index is 328. The van der Waals surface area contributed by atoms with Crippen LogP contribution in [0.3, 0.4) is 0 Å². The van der Waals surface area contributed by atoms with Gasteiger partial charge < -0.3 is 5.32 Å². The van der Waals surface area contributed by atoms with Gasteiger partial charge in [-0.25, -0.2) is 4.98 Å². The Labute approximate surface area is 104 Å². The van der Waals surface area contributed by atoms with Crippen molar-refractivity contribution in [2.24, 2.45) is 11.8 Å². The monoisotopic (exact) mass is 236 g/mol. The molecule has 1 saturated heterocycles. The van der Waals surface area contributed by atoms with Crippen LogP contribution in [0.25, 0.3) is 0 Å². The van der Waals surface area contributed by atoms with Gasteiger partial charge in [0.2, 0.25) is 0 Å². The lowest BCUT2D eigenvalue weighted by atomic mass is 9.85. The van der Waals surface area contributed by atoms with E-state index in [1.54, 1.807) is 0 Å². The van der Waals surface area contributed by atoms with Gasteiger partial charge in [0.15, 0.2) is 5.82 Å². The average Bonchev–Trinajstić information content (AvgIpc) is 2.78. The van der Waals surface area contributed by atoms with Gasteiger partial charge in [-0.2, -0.15) is 5.10 Å². The highest BCUT2D eigenvalue weighted by Crippen LogP contribution is 2.22. The molecule has 0 bridgehead atoms. The van der Waals surface area contributed by atoms with E-state index in [1.807, 2.05) is 0 Å². The maximum atomic E-state index is 4.55. The molecule has 1 fully saturated rings. The first-order valence-electron chi connectivity index (χ1n) is 6.90. The van der Waals surface area contributed by atoms with Crippen molar-refractivity contribution in [3.63, 3.8) is 0 Å². The van der Waals surface area contributed by atoms with Crippen LogP contribution in [-0.2, 0) is 12.8 Å². The van der Waals surface area contributed by atoms with Crippen LogP contribution in [-0.4, -0.2) is 28.3 Å². The third kappa shape index (κ3) is 3.53. The number of aromatic amines is 1. The average molecular weight is 236 g/mol. The molecule has 2 unspecified atom stereocenters. The van der Waals surface area contributed by atoms with E-state index < -0.39 is 0 Å². The van der Waals surface area contributed by atoms with E-state index in [1.165, 1.54) is 19.4 Å². The fraction of sp³-hybridized carbons (Fsp3) is 0.846. The third-order valence-electron chi connectivity index (χ3n) is 3.71. The summed E-state index contributed by atoms with van der Waals surface area (Å²) in [6.45, 7) is 6.84. The van der Waals surface area contributed by atoms with Crippen molar-refractivity contribution in [2.45, 2.75) is 46.0 Å². The molecule has 0 aromatic carbocycles. The normalized spacial score (nSPS) is 22.6. The minimum Gasteiger partial charge on any atom is -0.316 e. The Hall–Kier alpha value is -0.900.